The van der Waals surface area contributed by atoms with Crippen molar-refractivity contribution in [2.45, 2.75) is 37.2 Å². The number of nitrogens with zero attached hydrogens (tertiary/aromatic N) is 4. The van der Waals surface area contributed by atoms with E-state index in [1.807, 2.05) is 18.2 Å². The van der Waals surface area contributed by atoms with Gasteiger partial charge in [-0.25, -0.2) is 4.98 Å². The lowest BCUT2D eigenvalue weighted by atomic mass is 10.2. The SMILES string of the molecule is C=CCn1c2ccccc2c2nnc(S[C@H](C)CC)nc21. The third-order valence-corrected chi connectivity index (χ3v) is 4.67. The molecule has 0 amide bonds. The van der Waals surface area contributed by atoms with Crippen molar-refractivity contribution in [3.05, 3.63) is 36.9 Å². The van der Waals surface area contributed by atoms with Crippen molar-refractivity contribution < 1.29 is 0 Å². The van der Waals surface area contributed by atoms with Gasteiger partial charge in [0, 0.05) is 17.2 Å². The zero-order valence-electron chi connectivity index (χ0n) is 12.3. The van der Waals surface area contributed by atoms with Gasteiger partial charge in [0.2, 0.25) is 5.16 Å². The van der Waals surface area contributed by atoms with Gasteiger partial charge in [0.05, 0.1) is 5.52 Å². The molecule has 0 N–H and O–H groups in total. The van der Waals surface area contributed by atoms with E-state index in [0.717, 1.165) is 40.2 Å². The highest BCUT2D eigenvalue weighted by molar-refractivity contribution is 7.99. The minimum absolute atomic E-state index is 0.487. The van der Waals surface area contributed by atoms with Crippen LogP contribution in [0.4, 0.5) is 0 Å². The Kier molecular flexibility index (Phi) is 3.92. The summed E-state index contributed by atoms with van der Waals surface area (Å²) in [5.41, 5.74) is 2.87. The fourth-order valence-corrected chi connectivity index (χ4v) is 3.07. The predicted molar refractivity (Wildman–Crippen MR) is 88.6 cm³/mol. The highest BCUT2D eigenvalue weighted by Crippen LogP contribution is 2.28. The maximum Gasteiger partial charge on any atom is 0.211 e. The van der Waals surface area contributed by atoms with E-state index >= 15 is 0 Å². The van der Waals surface area contributed by atoms with Crippen LogP contribution < -0.4 is 0 Å². The van der Waals surface area contributed by atoms with Gasteiger partial charge < -0.3 is 4.57 Å². The van der Waals surface area contributed by atoms with Gasteiger partial charge in [-0.1, -0.05) is 49.9 Å². The number of rotatable bonds is 5. The third kappa shape index (κ3) is 2.53. The van der Waals surface area contributed by atoms with Gasteiger partial charge in [-0.05, 0) is 12.5 Å². The second-order valence-electron chi connectivity index (χ2n) is 5.02. The van der Waals surface area contributed by atoms with E-state index in [9.17, 15) is 0 Å². The molecule has 4 nitrogen and oxygen atoms in total. The first-order valence-electron chi connectivity index (χ1n) is 7.13. The van der Waals surface area contributed by atoms with Crippen LogP contribution in [0.15, 0.2) is 42.1 Å². The van der Waals surface area contributed by atoms with Crippen molar-refractivity contribution in [2.75, 3.05) is 0 Å². The Hall–Kier alpha value is -1.88. The van der Waals surface area contributed by atoms with Crippen molar-refractivity contribution in [1.82, 2.24) is 19.7 Å². The molecular formula is C16H18N4S. The summed E-state index contributed by atoms with van der Waals surface area (Å²) in [7, 11) is 0. The number of allylic oxidation sites excluding steroid dienone is 1. The number of aromatic nitrogens is 4. The number of hydrogen-bond donors (Lipinski definition) is 0. The molecule has 0 saturated carbocycles. The molecule has 0 aliphatic rings. The Morgan fingerprint density at radius 2 is 2.14 bits per heavy atom. The van der Waals surface area contributed by atoms with E-state index in [2.05, 4.69) is 47.3 Å². The predicted octanol–water partition coefficient (Wildman–Crippen LogP) is 4.06. The van der Waals surface area contributed by atoms with E-state index in [0.29, 0.717) is 5.25 Å². The van der Waals surface area contributed by atoms with Crippen molar-refractivity contribution in [1.29, 1.82) is 0 Å². The van der Waals surface area contributed by atoms with Crippen LogP contribution in [0.2, 0.25) is 0 Å². The fourth-order valence-electron chi connectivity index (χ4n) is 2.32. The summed E-state index contributed by atoms with van der Waals surface area (Å²) < 4.78 is 2.15. The summed E-state index contributed by atoms with van der Waals surface area (Å²) >= 11 is 1.67. The van der Waals surface area contributed by atoms with Crippen molar-refractivity contribution >= 4 is 33.8 Å². The van der Waals surface area contributed by atoms with E-state index in [1.165, 1.54) is 0 Å². The number of thioether (sulfide) groups is 1. The molecule has 5 heteroatoms. The maximum atomic E-state index is 4.72. The molecule has 0 fully saturated rings. The quantitative estimate of drug-likeness (QED) is 0.526. The second kappa shape index (κ2) is 5.85. The molecule has 0 aliphatic carbocycles. The zero-order chi connectivity index (χ0) is 14.8. The standard InChI is InChI=1S/C16H18N4S/c1-4-10-20-13-9-7-6-8-12(13)14-15(20)17-16(19-18-14)21-11(3)5-2/h4,6-9,11H,1,5,10H2,2-3H3/t11-/m1/s1. The maximum absolute atomic E-state index is 4.72. The first-order valence-corrected chi connectivity index (χ1v) is 8.01. The summed E-state index contributed by atoms with van der Waals surface area (Å²) in [4.78, 5) is 4.72. The lowest BCUT2D eigenvalue weighted by Crippen LogP contribution is -2.01. The Labute approximate surface area is 128 Å². The molecule has 2 aromatic heterocycles. The van der Waals surface area contributed by atoms with Crippen LogP contribution in [0.5, 0.6) is 0 Å². The van der Waals surface area contributed by atoms with E-state index in [4.69, 9.17) is 4.98 Å². The number of fused-ring (bicyclic) bond motifs is 3. The minimum Gasteiger partial charge on any atom is -0.320 e. The van der Waals surface area contributed by atoms with Crippen LogP contribution in [0.1, 0.15) is 20.3 Å². The van der Waals surface area contributed by atoms with Gasteiger partial charge in [0.15, 0.2) is 5.65 Å². The Balaban J connectivity index is 2.21. The first-order chi connectivity index (χ1) is 10.2. The number of hydrogen-bond acceptors (Lipinski definition) is 4. The Morgan fingerprint density at radius 1 is 1.33 bits per heavy atom. The Bertz CT molecular complexity index is 793. The van der Waals surface area contributed by atoms with Crippen molar-refractivity contribution in [2.24, 2.45) is 0 Å². The molecule has 0 saturated heterocycles. The summed E-state index contributed by atoms with van der Waals surface area (Å²) in [6, 6.07) is 8.20. The highest BCUT2D eigenvalue weighted by Gasteiger charge is 2.14. The molecule has 1 aromatic carbocycles. The fraction of sp³-hybridized carbons (Fsp3) is 0.312. The zero-order valence-corrected chi connectivity index (χ0v) is 13.1. The molecule has 21 heavy (non-hydrogen) atoms. The van der Waals surface area contributed by atoms with E-state index in [1.54, 1.807) is 11.8 Å². The normalized spacial score (nSPS) is 12.9. The van der Waals surface area contributed by atoms with Crippen LogP contribution >= 0.6 is 11.8 Å². The number of benzene rings is 1. The van der Waals surface area contributed by atoms with Crippen molar-refractivity contribution in [3.63, 3.8) is 0 Å². The molecule has 0 aliphatic heterocycles. The molecule has 0 unspecified atom stereocenters. The summed E-state index contributed by atoms with van der Waals surface area (Å²) in [6.45, 7) is 8.90. The molecule has 3 aromatic rings. The summed E-state index contributed by atoms with van der Waals surface area (Å²) in [5, 5.41) is 11.0. The molecule has 0 bridgehead atoms. The molecule has 3 rings (SSSR count). The van der Waals surface area contributed by atoms with Crippen molar-refractivity contribution in [3.8, 4) is 0 Å². The van der Waals surface area contributed by atoms with Crippen LogP contribution in [0, 0.1) is 0 Å². The van der Waals surface area contributed by atoms with Crippen LogP contribution in [0.25, 0.3) is 22.1 Å². The lowest BCUT2D eigenvalue weighted by Gasteiger charge is -2.06. The van der Waals surface area contributed by atoms with Crippen LogP contribution in [-0.2, 0) is 6.54 Å². The number of para-hydroxylation sites is 1. The van der Waals surface area contributed by atoms with Gasteiger partial charge in [0.25, 0.3) is 0 Å². The topological polar surface area (TPSA) is 43.6 Å². The van der Waals surface area contributed by atoms with E-state index in [-0.39, 0.29) is 0 Å². The molecule has 1 atom stereocenters. The van der Waals surface area contributed by atoms with E-state index < -0.39 is 0 Å². The van der Waals surface area contributed by atoms with Gasteiger partial charge in [-0.3, -0.25) is 0 Å². The summed E-state index contributed by atoms with van der Waals surface area (Å²) in [6.07, 6.45) is 2.97. The summed E-state index contributed by atoms with van der Waals surface area (Å²) in [5.74, 6) is 0. The Morgan fingerprint density at radius 3 is 2.90 bits per heavy atom. The van der Waals surface area contributed by atoms with Crippen LogP contribution in [-0.4, -0.2) is 25.0 Å². The molecule has 0 radical (unpaired) electrons. The average molecular weight is 298 g/mol. The molecule has 2 heterocycles. The van der Waals surface area contributed by atoms with Gasteiger partial charge in [-0.15, -0.1) is 16.8 Å². The smallest absolute Gasteiger partial charge is 0.211 e. The van der Waals surface area contributed by atoms with Gasteiger partial charge in [0.1, 0.15) is 5.52 Å². The molecule has 108 valence electrons. The third-order valence-electron chi connectivity index (χ3n) is 3.55. The molecular weight excluding hydrogens is 280 g/mol. The van der Waals surface area contributed by atoms with Gasteiger partial charge >= 0.3 is 0 Å². The molecule has 0 spiro atoms. The monoisotopic (exact) mass is 298 g/mol. The average Bonchev–Trinajstić information content (AvgIpc) is 2.82. The largest absolute Gasteiger partial charge is 0.320 e. The highest BCUT2D eigenvalue weighted by atomic mass is 32.2. The minimum atomic E-state index is 0.487. The second-order valence-corrected chi connectivity index (χ2v) is 6.43. The van der Waals surface area contributed by atoms with Crippen LogP contribution in [0.3, 0.4) is 0 Å². The van der Waals surface area contributed by atoms with Gasteiger partial charge in [-0.2, -0.15) is 0 Å². The lowest BCUT2D eigenvalue weighted by molar-refractivity contribution is 0.819. The first kappa shape index (κ1) is 14.1.